The number of hydrogen-bond acceptors (Lipinski definition) is 4. The van der Waals surface area contributed by atoms with E-state index in [0.717, 1.165) is 6.26 Å². The molecule has 0 aliphatic carbocycles. The molecule has 0 aliphatic rings. The molecule has 0 heterocycles. The summed E-state index contributed by atoms with van der Waals surface area (Å²) in [6, 6.07) is 4.69. The summed E-state index contributed by atoms with van der Waals surface area (Å²) in [5, 5.41) is 0. The summed E-state index contributed by atoms with van der Waals surface area (Å²) in [5.74, 6) is -0.514. The van der Waals surface area contributed by atoms with Gasteiger partial charge in [0, 0.05) is 5.69 Å². The Morgan fingerprint density at radius 2 is 2.06 bits per heavy atom. The summed E-state index contributed by atoms with van der Waals surface area (Å²) in [6.07, 6.45) is 4.58. The highest BCUT2D eigenvalue weighted by atomic mass is 32.2. The first-order valence-corrected chi connectivity index (χ1v) is 7.09. The molecule has 0 radical (unpaired) electrons. The van der Waals surface area contributed by atoms with Crippen molar-refractivity contribution >= 4 is 27.8 Å². The van der Waals surface area contributed by atoms with Gasteiger partial charge in [-0.05, 0) is 24.6 Å². The van der Waals surface area contributed by atoms with E-state index in [4.69, 9.17) is 0 Å². The van der Waals surface area contributed by atoms with Crippen molar-refractivity contribution in [3.8, 4) is 0 Å². The third kappa shape index (κ3) is 3.89. The number of anilines is 1. The molecular formula is C12H15NO4S. The Labute approximate surface area is 107 Å². The maximum absolute atomic E-state index is 11.6. The minimum atomic E-state index is -3.37. The van der Waals surface area contributed by atoms with Gasteiger partial charge in [-0.25, -0.2) is 13.2 Å². The Morgan fingerprint density at radius 3 is 2.56 bits per heavy atom. The zero-order valence-corrected chi connectivity index (χ0v) is 11.2. The predicted octanol–water partition coefficient (Wildman–Crippen LogP) is 1.88. The summed E-state index contributed by atoms with van der Waals surface area (Å²) < 4.78 is 29.2. The topological polar surface area (TPSA) is 72.5 Å². The van der Waals surface area contributed by atoms with Crippen LogP contribution in [0, 0.1) is 0 Å². The van der Waals surface area contributed by atoms with Crippen LogP contribution in [0.3, 0.4) is 0 Å². The van der Waals surface area contributed by atoms with E-state index >= 15 is 0 Å². The van der Waals surface area contributed by atoms with Gasteiger partial charge in [0.15, 0.2) is 0 Å². The number of nitrogens with one attached hydrogen (secondary N) is 1. The fourth-order valence-corrected chi connectivity index (χ4v) is 2.00. The first-order chi connectivity index (χ1) is 8.37. The minimum absolute atomic E-state index is 0.309. The van der Waals surface area contributed by atoms with Crippen molar-refractivity contribution in [2.75, 3.05) is 18.1 Å². The van der Waals surface area contributed by atoms with Crippen LogP contribution in [-0.4, -0.2) is 27.8 Å². The molecule has 6 heteroatoms. The van der Waals surface area contributed by atoms with Crippen molar-refractivity contribution in [1.29, 1.82) is 0 Å². The van der Waals surface area contributed by atoms with E-state index in [2.05, 4.69) is 9.46 Å². The number of methoxy groups -OCH3 is 1. The normalized spacial score (nSPS) is 11.5. The van der Waals surface area contributed by atoms with Gasteiger partial charge >= 0.3 is 5.97 Å². The highest BCUT2D eigenvalue weighted by Gasteiger charge is 2.12. The zero-order valence-electron chi connectivity index (χ0n) is 10.4. The monoisotopic (exact) mass is 269 g/mol. The fourth-order valence-electron chi connectivity index (χ4n) is 1.45. The molecule has 0 aromatic heterocycles. The molecule has 0 atom stereocenters. The van der Waals surface area contributed by atoms with Crippen LogP contribution in [0.2, 0.25) is 0 Å². The van der Waals surface area contributed by atoms with Gasteiger partial charge < -0.3 is 4.74 Å². The van der Waals surface area contributed by atoms with Crippen LogP contribution in [0.1, 0.15) is 22.8 Å². The first kappa shape index (κ1) is 14.2. The van der Waals surface area contributed by atoms with Gasteiger partial charge in [0.2, 0.25) is 10.0 Å². The lowest BCUT2D eigenvalue weighted by Crippen LogP contribution is -2.11. The maximum Gasteiger partial charge on any atom is 0.338 e. The van der Waals surface area contributed by atoms with Crippen molar-refractivity contribution in [1.82, 2.24) is 0 Å². The molecule has 0 saturated carbocycles. The standard InChI is InChI=1S/C12H15NO4S/c1-4-5-9-6-7-10(13-18(3,15)16)8-11(9)12(14)17-2/h4-8,13H,1-3H3/b5-4+. The van der Waals surface area contributed by atoms with Crippen LogP contribution < -0.4 is 4.72 Å². The molecule has 18 heavy (non-hydrogen) atoms. The highest BCUT2D eigenvalue weighted by Crippen LogP contribution is 2.19. The Bertz CT molecular complexity index is 576. The van der Waals surface area contributed by atoms with E-state index in [0.29, 0.717) is 16.8 Å². The molecule has 0 bridgehead atoms. The smallest absolute Gasteiger partial charge is 0.338 e. The van der Waals surface area contributed by atoms with Gasteiger partial charge in [-0.2, -0.15) is 0 Å². The Balaban J connectivity index is 3.25. The first-order valence-electron chi connectivity index (χ1n) is 5.20. The molecule has 0 unspecified atom stereocenters. The summed E-state index contributed by atoms with van der Waals surface area (Å²) in [7, 11) is -2.10. The van der Waals surface area contributed by atoms with E-state index < -0.39 is 16.0 Å². The molecule has 0 spiro atoms. The number of rotatable bonds is 4. The second-order valence-electron chi connectivity index (χ2n) is 3.67. The molecule has 5 nitrogen and oxygen atoms in total. The lowest BCUT2D eigenvalue weighted by atomic mass is 10.1. The number of hydrogen-bond donors (Lipinski definition) is 1. The molecule has 1 N–H and O–H groups in total. The van der Waals surface area contributed by atoms with Crippen molar-refractivity contribution < 1.29 is 17.9 Å². The Hall–Kier alpha value is -1.82. The van der Waals surface area contributed by atoms with E-state index in [-0.39, 0.29) is 0 Å². The van der Waals surface area contributed by atoms with E-state index in [9.17, 15) is 13.2 Å². The molecule has 0 saturated heterocycles. The summed E-state index contributed by atoms with van der Waals surface area (Å²) in [4.78, 5) is 11.6. The van der Waals surface area contributed by atoms with Crippen molar-refractivity contribution in [3.05, 3.63) is 35.4 Å². The van der Waals surface area contributed by atoms with Gasteiger partial charge in [0.1, 0.15) is 0 Å². The van der Waals surface area contributed by atoms with Gasteiger partial charge in [-0.1, -0.05) is 18.2 Å². The predicted molar refractivity (Wildman–Crippen MR) is 71.0 cm³/mol. The van der Waals surface area contributed by atoms with Crippen molar-refractivity contribution in [2.45, 2.75) is 6.92 Å². The largest absolute Gasteiger partial charge is 0.465 e. The van der Waals surface area contributed by atoms with Gasteiger partial charge in [0.05, 0.1) is 18.9 Å². The number of esters is 1. The van der Waals surface area contributed by atoms with Crippen LogP contribution in [0.25, 0.3) is 6.08 Å². The summed E-state index contributed by atoms with van der Waals surface area (Å²) in [5.41, 5.74) is 1.30. The van der Waals surface area contributed by atoms with Crippen LogP contribution >= 0.6 is 0 Å². The third-order valence-electron chi connectivity index (χ3n) is 2.11. The Morgan fingerprint density at radius 1 is 1.39 bits per heavy atom. The molecular weight excluding hydrogens is 254 g/mol. The fraction of sp³-hybridized carbons (Fsp3) is 0.250. The van der Waals surface area contributed by atoms with Crippen LogP contribution in [-0.2, 0) is 14.8 Å². The van der Waals surface area contributed by atoms with Gasteiger partial charge in [-0.15, -0.1) is 0 Å². The van der Waals surface area contributed by atoms with Crippen molar-refractivity contribution in [2.24, 2.45) is 0 Å². The van der Waals surface area contributed by atoms with Crippen LogP contribution in [0.15, 0.2) is 24.3 Å². The van der Waals surface area contributed by atoms with E-state index in [1.807, 2.05) is 6.92 Å². The van der Waals surface area contributed by atoms with Crippen molar-refractivity contribution in [3.63, 3.8) is 0 Å². The maximum atomic E-state index is 11.6. The molecule has 98 valence electrons. The van der Waals surface area contributed by atoms with Crippen LogP contribution in [0.5, 0.6) is 0 Å². The lowest BCUT2D eigenvalue weighted by molar-refractivity contribution is 0.0600. The Kier molecular flexibility index (Phi) is 4.49. The number of sulfonamides is 1. The quantitative estimate of drug-likeness (QED) is 0.847. The SMILES string of the molecule is C/C=C/c1ccc(NS(C)(=O)=O)cc1C(=O)OC. The average Bonchev–Trinajstić information content (AvgIpc) is 2.28. The average molecular weight is 269 g/mol. The second kappa shape index (κ2) is 5.68. The number of carbonyl (C=O) groups excluding carboxylic acids is 1. The van der Waals surface area contributed by atoms with E-state index in [1.165, 1.54) is 13.2 Å². The summed E-state index contributed by atoms with van der Waals surface area (Å²) in [6.45, 7) is 1.82. The molecule has 1 rings (SSSR count). The van der Waals surface area contributed by atoms with E-state index in [1.54, 1.807) is 24.3 Å². The molecule has 0 fully saturated rings. The molecule has 0 amide bonds. The minimum Gasteiger partial charge on any atom is -0.465 e. The van der Waals surface area contributed by atoms with Crippen LogP contribution in [0.4, 0.5) is 5.69 Å². The number of benzene rings is 1. The number of allylic oxidation sites excluding steroid dienone is 1. The number of ether oxygens (including phenoxy) is 1. The third-order valence-corrected chi connectivity index (χ3v) is 2.71. The molecule has 1 aromatic carbocycles. The lowest BCUT2D eigenvalue weighted by Gasteiger charge is -2.08. The van der Waals surface area contributed by atoms with Gasteiger partial charge in [0.25, 0.3) is 0 Å². The molecule has 1 aromatic rings. The van der Waals surface area contributed by atoms with Gasteiger partial charge in [-0.3, -0.25) is 4.72 Å². The molecule has 0 aliphatic heterocycles. The highest BCUT2D eigenvalue weighted by molar-refractivity contribution is 7.92. The second-order valence-corrected chi connectivity index (χ2v) is 5.42. The zero-order chi connectivity index (χ0) is 13.8. The number of carbonyl (C=O) groups is 1. The summed E-state index contributed by atoms with van der Waals surface area (Å²) >= 11 is 0.